The summed E-state index contributed by atoms with van der Waals surface area (Å²) in [6.07, 6.45) is 2.49. The number of hydrogen-bond donors (Lipinski definition) is 1. The van der Waals surface area contributed by atoms with Crippen molar-refractivity contribution in [3.05, 3.63) is 64.7 Å². The largest absolute Gasteiger partial charge is 0.490 e. The standard InChI is InChI=1S/C22H24N2O2/c1-5-17(4)26-21-9-7-6-8-18(21)13-19(14-23)22(25)24-20-12-15(2)10-11-16(20)3/h6-13,17H,5H2,1-4H3,(H,24,25)/b19-13+/t17-/m0/s1. The molecule has 0 saturated carbocycles. The number of anilines is 1. The normalized spacial score (nSPS) is 12.2. The van der Waals surface area contributed by atoms with Crippen LogP contribution in [0, 0.1) is 25.2 Å². The van der Waals surface area contributed by atoms with Crippen molar-refractivity contribution in [3.8, 4) is 11.8 Å². The van der Waals surface area contributed by atoms with Crippen LogP contribution in [0.3, 0.4) is 0 Å². The van der Waals surface area contributed by atoms with Crippen molar-refractivity contribution < 1.29 is 9.53 Å². The van der Waals surface area contributed by atoms with E-state index in [0.717, 1.165) is 17.5 Å². The quantitative estimate of drug-likeness (QED) is 0.588. The Morgan fingerprint density at radius 3 is 2.69 bits per heavy atom. The van der Waals surface area contributed by atoms with Crippen LogP contribution in [0.15, 0.2) is 48.0 Å². The van der Waals surface area contributed by atoms with Gasteiger partial charge in [0.1, 0.15) is 17.4 Å². The molecule has 0 bridgehead atoms. The second-order valence-electron chi connectivity index (χ2n) is 6.32. The molecular weight excluding hydrogens is 324 g/mol. The number of amides is 1. The molecule has 4 nitrogen and oxygen atoms in total. The van der Waals surface area contributed by atoms with Crippen LogP contribution in [-0.4, -0.2) is 12.0 Å². The van der Waals surface area contributed by atoms with Gasteiger partial charge in [0.2, 0.25) is 0 Å². The Kier molecular flexibility index (Phi) is 6.57. The average molecular weight is 348 g/mol. The third kappa shape index (κ3) is 4.97. The summed E-state index contributed by atoms with van der Waals surface area (Å²) < 4.78 is 5.89. The van der Waals surface area contributed by atoms with E-state index < -0.39 is 5.91 Å². The summed E-state index contributed by atoms with van der Waals surface area (Å²) in [6.45, 7) is 7.90. The Morgan fingerprint density at radius 2 is 2.00 bits per heavy atom. The van der Waals surface area contributed by atoms with Crippen LogP contribution in [0.4, 0.5) is 5.69 Å². The van der Waals surface area contributed by atoms with Crippen LogP contribution in [0.2, 0.25) is 0 Å². The minimum absolute atomic E-state index is 0.0334. The van der Waals surface area contributed by atoms with Crippen molar-refractivity contribution in [2.24, 2.45) is 0 Å². The lowest BCUT2D eigenvalue weighted by Crippen LogP contribution is -2.15. The molecule has 0 radical (unpaired) electrons. The summed E-state index contributed by atoms with van der Waals surface area (Å²) in [4.78, 5) is 12.6. The number of carbonyl (C=O) groups excluding carboxylic acids is 1. The molecule has 134 valence electrons. The number of rotatable bonds is 6. The van der Waals surface area contributed by atoms with Gasteiger partial charge in [-0.15, -0.1) is 0 Å². The molecule has 0 aliphatic heterocycles. The van der Waals surface area contributed by atoms with Crippen LogP contribution < -0.4 is 10.1 Å². The van der Waals surface area contributed by atoms with Crippen molar-refractivity contribution in [1.29, 1.82) is 5.26 Å². The fraction of sp³-hybridized carbons (Fsp3) is 0.273. The molecule has 2 rings (SSSR count). The van der Waals surface area contributed by atoms with Gasteiger partial charge in [0.05, 0.1) is 6.10 Å². The van der Waals surface area contributed by atoms with Crippen LogP contribution in [0.1, 0.15) is 37.0 Å². The molecule has 0 aliphatic carbocycles. The maximum Gasteiger partial charge on any atom is 0.266 e. The maximum atomic E-state index is 12.6. The van der Waals surface area contributed by atoms with Gasteiger partial charge in [-0.25, -0.2) is 0 Å². The first-order valence-corrected chi connectivity index (χ1v) is 8.70. The number of para-hydroxylation sites is 1. The van der Waals surface area contributed by atoms with Crippen LogP contribution in [0.25, 0.3) is 6.08 Å². The highest BCUT2D eigenvalue weighted by atomic mass is 16.5. The number of benzene rings is 2. The topological polar surface area (TPSA) is 62.1 Å². The van der Waals surface area contributed by atoms with Gasteiger partial charge in [-0.3, -0.25) is 4.79 Å². The Bertz CT molecular complexity index is 863. The zero-order valence-corrected chi connectivity index (χ0v) is 15.7. The van der Waals surface area contributed by atoms with E-state index >= 15 is 0 Å². The molecule has 0 saturated heterocycles. The molecule has 0 aromatic heterocycles. The highest BCUT2D eigenvalue weighted by Gasteiger charge is 2.13. The van der Waals surface area contributed by atoms with Gasteiger partial charge < -0.3 is 10.1 Å². The SMILES string of the molecule is CC[C@H](C)Oc1ccccc1/C=C(\C#N)C(=O)Nc1cc(C)ccc1C. The number of nitrogens with zero attached hydrogens (tertiary/aromatic N) is 1. The number of ether oxygens (including phenoxy) is 1. The van der Waals surface area contributed by atoms with Crippen LogP contribution in [0.5, 0.6) is 5.75 Å². The first-order valence-electron chi connectivity index (χ1n) is 8.70. The number of nitrogens with one attached hydrogen (secondary N) is 1. The Morgan fingerprint density at radius 1 is 1.27 bits per heavy atom. The molecule has 2 aromatic rings. The molecule has 2 aromatic carbocycles. The Balaban J connectivity index is 2.29. The second-order valence-corrected chi connectivity index (χ2v) is 6.32. The fourth-order valence-corrected chi connectivity index (χ4v) is 2.37. The van der Waals surface area contributed by atoms with Gasteiger partial charge in [0.25, 0.3) is 5.91 Å². The average Bonchev–Trinajstić information content (AvgIpc) is 2.63. The molecule has 0 unspecified atom stereocenters. The van der Waals surface area contributed by atoms with E-state index in [1.165, 1.54) is 0 Å². The predicted octanol–water partition coefficient (Wildman–Crippen LogP) is 5.03. The maximum absolute atomic E-state index is 12.6. The van der Waals surface area contributed by atoms with Crippen molar-refractivity contribution in [3.63, 3.8) is 0 Å². The van der Waals surface area contributed by atoms with Crippen LogP contribution in [-0.2, 0) is 4.79 Å². The van der Waals surface area contributed by atoms with E-state index in [-0.39, 0.29) is 11.7 Å². The lowest BCUT2D eigenvalue weighted by atomic mass is 10.1. The van der Waals surface area contributed by atoms with E-state index in [9.17, 15) is 10.1 Å². The van der Waals surface area contributed by atoms with Gasteiger partial charge in [-0.05, 0) is 56.5 Å². The zero-order chi connectivity index (χ0) is 19.1. The Hall–Kier alpha value is -3.06. The van der Waals surface area contributed by atoms with Gasteiger partial charge >= 0.3 is 0 Å². The third-order valence-corrected chi connectivity index (χ3v) is 4.13. The molecule has 26 heavy (non-hydrogen) atoms. The molecule has 0 fully saturated rings. The molecule has 0 aliphatic rings. The van der Waals surface area contributed by atoms with Crippen molar-refractivity contribution in [2.75, 3.05) is 5.32 Å². The molecule has 0 heterocycles. The molecular formula is C22H24N2O2. The van der Waals surface area contributed by atoms with E-state index in [4.69, 9.17) is 4.74 Å². The summed E-state index contributed by atoms with van der Waals surface area (Å²) in [5.74, 6) is 0.230. The van der Waals surface area contributed by atoms with Crippen molar-refractivity contribution >= 4 is 17.7 Å². The zero-order valence-electron chi connectivity index (χ0n) is 15.7. The van der Waals surface area contributed by atoms with Crippen molar-refractivity contribution in [2.45, 2.75) is 40.2 Å². The number of aryl methyl sites for hydroxylation is 2. The first kappa shape index (κ1) is 19.3. The summed E-state index contributed by atoms with van der Waals surface area (Å²) in [7, 11) is 0. The van der Waals surface area contributed by atoms with E-state index in [2.05, 4.69) is 5.32 Å². The summed E-state index contributed by atoms with van der Waals surface area (Å²) in [6, 6.07) is 15.2. The van der Waals surface area contributed by atoms with Gasteiger partial charge in [-0.1, -0.05) is 37.3 Å². The minimum atomic E-state index is -0.431. The van der Waals surface area contributed by atoms with E-state index in [1.807, 2.05) is 76.2 Å². The second kappa shape index (κ2) is 8.87. The summed E-state index contributed by atoms with van der Waals surface area (Å²) in [5, 5.41) is 12.3. The van der Waals surface area contributed by atoms with Gasteiger partial charge in [0, 0.05) is 11.3 Å². The lowest BCUT2D eigenvalue weighted by molar-refractivity contribution is -0.112. The molecule has 1 atom stereocenters. The smallest absolute Gasteiger partial charge is 0.266 e. The first-order chi connectivity index (χ1) is 12.4. The molecule has 1 N–H and O–H groups in total. The monoisotopic (exact) mass is 348 g/mol. The predicted molar refractivity (Wildman–Crippen MR) is 105 cm³/mol. The lowest BCUT2D eigenvalue weighted by Gasteiger charge is -2.15. The van der Waals surface area contributed by atoms with E-state index in [1.54, 1.807) is 6.08 Å². The number of carbonyl (C=O) groups is 1. The van der Waals surface area contributed by atoms with Gasteiger partial charge in [-0.2, -0.15) is 5.26 Å². The summed E-state index contributed by atoms with van der Waals surface area (Å²) in [5.41, 5.74) is 3.44. The number of nitriles is 1. The van der Waals surface area contributed by atoms with E-state index in [0.29, 0.717) is 17.0 Å². The van der Waals surface area contributed by atoms with Gasteiger partial charge in [0.15, 0.2) is 0 Å². The minimum Gasteiger partial charge on any atom is -0.490 e. The third-order valence-electron chi connectivity index (χ3n) is 4.13. The highest BCUT2D eigenvalue weighted by Crippen LogP contribution is 2.24. The van der Waals surface area contributed by atoms with Crippen LogP contribution >= 0.6 is 0 Å². The summed E-state index contributed by atoms with van der Waals surface area (Å²) >= 11 is 0. The highest BCUT2D eigenvalue weighted by molar-refractivity contribution is 6.10. The fourth-order valence-electron chi connectivity index (χ4n) is 2.37. The molecule has 4 heteroatoms. The Labute approximate surface area is 155 Å². The van der Waals surface area contributed by atoms with Crippen molar-refractivity contribution in [1.82, 2.24) is 0 Å². The molecule has 0 spiro atoms. The molecule has 1 amide bonds. The number of hydrogen-bond acceptors (Lipinski definition) is 3.